The van der Waals surface area contributed by atoms with Crippen molar-refractivity contribution in [1.82, 2.24) is 9.80 Å². The van der Waals surface area contributed by atoms with E-state index in [0.29, 0.717) is 16.6 Å². The molecule has 0 saturated carbocycles. The number of amides is 1. The molecule has 1 heterocycles. The van der Waals surface area contributed by atoms with Gasteiger partial charge in [0, 0.05) is 54.0 Å². The van der Waals surface area contributed by atoms with Gasteiger partial charge >= 0.3 is 0 Å². The number of nitrogens with one attached hydrogen (secondary N) is 1. The molecule has 1 aliphatic heterocycles. The van der Waals surface area contributed by atoms with Gasteiger partial charge in [0.15, 0.2) is 0 Å². The fourth-order valence-corrected chi connectivity index (χ4v) is 3.88. The van der Waals surface area contributed by atoms with Crippen molar-refractivity contribution in [3.8, 4) is 0 Å². The molecule has 2 aromatic carbocycles. The molecule has 6 heteroatoms. The Morgan fingerprint density at radius 2 is 1.63 bits per heavy atom. The van der Waals surface area contributed by atoms with E-state index in [-0.39, 0.29) is 5.91 Å². The van der Waals surface area contributed by atoms with Crippen LogP contribution in [0.4, 0.5) is 5.69 Å². The van der Waals surface area contributed by atoms with Crippen LogP contribution in [0.1, 0.15) is 16.7 Å². The van der Waals surface area contributed by atoms with E-state index in [1.807, 2.05) is 44.2 Å². The Kier molecular flexibility index (Phi) is 6.77. The van der Waals surface area contributed by atoms with Gasteiger partial charge < -0.3 is 5.32 Å². The van der Waals surface area contributed by atoms with E-state index >= 15 is 0 Å². The van der Waals surface area contributed by atoms with Gasteiger partial charge in [-0.3, -0.25) is 14.6 Å². The van der Waals surface area contributed by atoms with Crippen molar-refractivity contribution in [3.05, 3.63) is 63.1 Å². The lowest BCUT2D eigenvalue weighted by Crippen LogP contribution is -2.48. The number of rotatable bonds is 5. The Hall–Kier alpha value is -1.59. The maximum atomic E-state index is 12.4. The number of aryl methyl sites for hydroxylation is 2. The van der Waals surface area contributed by atoms with Crippen molar-refractivity contribution in [3.63, 3.8) is 0 Å². The number of anilines is 1. The average molecular weight is 406 g/mol. The van der Waals surface area contributed by atoms with Crippen LogP contribution < -0.4 is 5.32 Å². The van der Waals surface area contributed by atoms with Gasteiger partial charge in [-0.15, -0.1) is 0 Å². The lowest BCUT2D eigenvalue weighted by Gasteiger charge is -2.34. The Balaban J connectivity index is 1.48. The van der Waals surface area contributed by atoms with Crippen molar-refractivity contribution < 1.29 is 4.79 Å². The highest BCUT2D eigenvalue weighted by atomic mass is 35.5. The van der Waals surface area contributed by atoms with E-state index in [4.69, 9.17) is 23.2 Å². The number of benzene rings is 2. The van der Waals surface area contributed by atoms with Gasteiger partial charge in [-0.2, -0.15) is 0 Å². The number of hydrogen-bond acceptors (Lipinski definition) is 3. The van der Waals surface area contributed by atoms with Gasteiger partial charge in [0.05, 0.1) is 6.54 Å². The highest BCUT2D eigenvalue weighted by molar-refractivity contribution is 6.35. The molecular weight excluding hydrogens is 381 g/mol. The highest BCUT2D eigenvalue weighted by Gasteiger charge is 2.20. The first-order chi connectivity index (χ1) is 12.9. The van der Waals surface area contributed by atoms with Crippen LogP contribution in [0.15, 0.2) is 36.4 Å². The summed E-state index contributed by atoms with van der Waals surface area (Å²) in [5, 5.41) is 4.43. The van der Waals surface area contributed by atoms with E-state index < -0.39 is 0 Å². The van der Waals surface area contributed by atoms with E-state index in [1.165, 1.54) is 5.56 Å². The van der Waals surface area contributed by atoms with Gasteiger partial charge in [0.2, 0.25) is 5.91 Å². The lowest BCUT2D eigenvalue weighted by atomic mass is 10.1. The zero-order valence-corrected chi connectivity index (χ0v) is 17.3. The smallest absolute Gasteiger partial charge is 0.238 e. The Labute approximate surface area is 171 Å². The minimum Gasteiger partial charge on any atom is -0.325 e. The molecule has 3 rings (SSSR count). The summed E-state index contributed by atoms with van der Waals surface area (Å²) in [6.45, 7) is 8.69. The molecule has 144 valence electrons. The van der Waals surface area contributed by atoms with Crippen LogP contribution in [0.5, 0.6) is 0 Å². The fourth-order valence-electron chi connectivity index (χ4n) is 3.36. The molecule has 0 unspecified atom stereocenters. The second-order valence-corrected chi connectivity index (χ2v) is 7.93. The van der Waals surface area contributed by atoms with Crippen molar-refractivity contribution in [2.24, 2.45) is 0 Å². The lowest BCUT2D eigenvalue weighted by molar-refractivity contribution is -0.117. The first-order valence-electron chi connectivity index (χ1n) is 9.17. The minimum absolute atomic E-state index is 0.0320. The summed E-state index contributed by atoms with van der Waals surface area (Å²) in [6.07, 6.45) is 0. The molecule has 0 aromatic heterocycles. The number of piperazine rings is 1. The summed E-state index contributed by atoms with van der Waals surface area (Å²) in [6, 6.07) is 11.7. The quantitative estimate of drug-likeness (QED) is 0.801. The van der Waals surface area contributed by atoms with Crippen LogP contribution >= 0.6 is 23.2 Å². The normalized spacial score (nSPS) is 15.7. The maximum Gasteiger partial charge on any atom is 0.238 e. The van der Waals surface area contributed by atoms with Gasteiger partial charge in [-0.05, 0) is 37.6 Å². The van der Waals surface area contributed by atoms with Crippen molar-refractivity contribution in [1.29, 1.82) is 0 Å². The molecular formula is C21H25Cl2N3O. The summed E-state index contributed by atoms with van der Waals surface area (Å²) < 4.78 is 0. The zero-order chi connectivity index (χ0) is 19.4. The maximum absolute atomic E-state index is 12.4. The Morgan fingerprint density at radius 1 is 1.00 bits per heavy atom. The number of carbonyl (C=O) groups is 1. The minimum atomic E-state index is 0.0320. The van der Waals surface area contributed by atoms with Gasteiger partial charge in [0.25, 0.3) is 0 Å². The topological polar surface area (TPSA) is 35.6 Å². The van der Waals surface area contributed by atoms with Gasteiger partial charge in [-0.25, -0.2) is 0 Å². The predicted molar refractivity (Wildman–Crippen MR) is 113 cm³/mol. The molecule has 1 saturated heterocycles. The monoisotopic (exact) mass is 405 g/mol. The molecule has 0 radical (unpaired) electrons. The number of nitrogens with zero attached hydrogens (tertiary/aromatic N) is 2. The SMILES string of the molecule is Cc1ccc(NC(=O)CN2CCN(Cc3c(Cl)cccc3Cl)CC2)c(C)c1. The van der Waals surface area contributed by atoms with Gasteiger partial charge in [0.1, 0.15) is 0 Å². The molecule has 1 amide bonds. The summed E-state index contributed by atoms with van der Waals surface area (Å²) >= 11 is 12.5. The molecule has 0 spiro atoms. The van der Waals surface area contributed by atoms with Crippen LogP contribution in [0.25, 0.3) is 0 Å². The second-order valence-electron chi connectivity index (χ2n) is 7.12. The Bertz CT molecular complexity index is 797. The third-order valence-electron chi connectivity index (χ3n) is 4.93. The third-order valence-corrected chi connectivity index (χ3v) is 5.64. The summed E-state index contributed by atoms with van der Waals surface area (Å²) in [7, 11) is 0. The molecule has 0 bridgehead atoms. The summed E-state index contributed by atoms with van der Waals surface area (Å²) in [4.78, 5) is 16.9. The number of carbonyl (C=O) groups excluding carboxylic acids is 1. The fraction of sp³-hybridized carbons (Fsp3) is 0.381. The first kappa shape index (κ1) is 20.2. The Morgan fingerprint density at radius 3 is 2.26 bits per heavy atom. The van der Waals surface area contributed by atoms with Crippen LogP contribution in [-0.4, -0.2) is 48.4 Å². The van der Waals surface area contributed by atoms with Crippen molar-refractivity contribution in [2.45, 2.75) is 20.4 Å². The van der Waals surface area contributed by atoms with Crippen LogP contribution in [0.2, 0.25) is 10.0 Å². The molecule has 27 heavy (non-hydrogen) atoms. The number of halogens is 2. The standard InChI is InChI=1S/C21H25Cl2N3O/c1-15-6-7-20(16(2)12-15)24-21(27)14-26-10-8-25(9-11-26)13-17-18(22)4-3-5-19(17)23/h3-7,12H,8-11,13-14H2,1-2H3,(H,24,27). The molecule has 2 aromatic rings. The molecule has 0 atom stereocenters. The van der Waals surface area contributed by atoms with Crippen molar-refractivity contribution in [2.75, 3.05) is 38.0 Å². The molecule has 0 aliphatic carbocycles. The van der Waals surface area contributed by atoms with E-state index in [1.54, 1.807) is 0 Å². The highest BCUT2D eigenvalue weighted by Crippen LogP contribution is 2.26. The molecule has 1 N–H and O–H groups in total. The van der Waals surface area contributed by atoms with E-state index in [0.717, 1.165) is 49.5 Å². The molecule has 1 fully saturated rings. The van der Waals surface area contributed by atoms with Crippen LogP contribution in [0.3, 0.4) is 0 Å². The van der Waals surface area contributed by atoms with Crippen LogP contribution in [-0.2, 0) is 11.3 Å². The second kappa shape index (κ2) is 9.07. The zero-order valence-electron chi connectivity index (χ0n) is 15.8. The molecule has 1 aliphatic rings. The first-order valence-corrected chi connectivity index (χ1v) is 9.92. The van der Waals surface area contributed by atoms with Gasteiger partial charge in [-0.1, -0.05) is 47.0 Å². The van der Waals surface area contributed by atoms with Crippen LogP contribution in [0, 0.1) is 13.8 Å². The van der Waals surface area contributed by atoms with E-state index in [9.17, 15) is 4.79 Å². The summed E-state index contributed by atoms with van der Waals surface area (Å²) in [5.74, 6) is 0.0320. The number of hydrogen-bond donors (Lipinski definition) is 1. The summed E-state index contributed by atoms with van der Waals surface area (Å²) in [5.41, 5.74) is 4.14. The van der Waals surface area contributed by atoms with E-state index in [2.05, 4.69) is 21.2 Å². The van der Waals surface area contributed by atoms with Crippen molar-refractivity contribution >= 4 is 34.8 Å². The third kappa shape index (κ3) is 5.45. The predicted octanol–water partition coefficient (Wildman–Crippen LogP) is 4.37. The largest absolute Gasteiger partial charge is 0.325 e. The average Bonchev–Trinajstić information content (AvgIpc) is 2.62. The molecule has 4 nitrogen and oxygen atoms in total.